The maximum atomic E-state index is 10.7. The van der Waals surface area contributed by atoms with Gasteiger partial charge in [-0.2, -0.15) is 0 Å². The highest BCUT2D eigenvalue weighted by atomic mass is 35.5. The molecule has 0 amide bonds. The topological polar surface area (TPSA) is 63.1 Å². The quantitative estimate of drug-likeness (QED) is 0.779. The Morgan fingerprint density at radius 1 is 1.57 bits per heavy atom. The lowest BCUT2D eigenvalue weighted by molar-refractivity contribution is -0.132. The van der Waals surface area contributed by atoms with E-state index < -0.39 is 5.97 Å². The van der Waals surface area contributed by atoms with Gasteiger partial charge in [0, 0.05) is 5.57 Å². The molecule has 1 rings (SSSR count). The van der Waals surface area contributed by atoms with Gasteiger partial charge in [0.2, 0.25) is 0 Å². The highest BCUT2D eigenvalue weighted by molar-refractivity contribution is 6.29. The predicted molar refractivity (Wildman–Crippen MR) is 52.9 cm³/mol. The molecule has 0 unspecified atom stereocenters. The lowest BCUT2D eigenvalue weighted by atomic mass is 10.2. The Hall–Kier alpha value is -1.42. The van der Waals surface area contributed by atoms with Gasteiger partial charge < -0.3 is 5.11 Å². The minimum Gasteiger partial charge on any atom is -0.478 e. The molecule has 74 valence electrons. The zero-order chi connectivity index (χ0) is 10.6. The number of carboxylic acids is 1. The van der Waals surface area contributed by atoms with Crippen LogP contribution in [0.15, 0.2) is 18.0 Å². The first-order chi connectivity index (χ1) is 6.63. The van der Waals surface area contributed by atoms with Crippen molar-refractivity contribution in [2.75, 3.05) is 0 Å². The molecule has 5 heteroatoms. The van der Waals surface area contributed by atoms with Crippen LogP contribution in [0.1, 0.15) is 19.0 Å². The Morgan fingerprint density at radius 2 is 2.29 bits per heavy atom. The lowest BCUT2D eigenvalue weighted by Crippen LogP contribution is -1.99. The summed E-state index contributed by atoms with van der Waals surface area (Å²) in [6.07, 6.45) is 4.73. The molecular formula is C9H9ClN2O2. The first kappa shape index (κ1) is 10.7. The largest absolute Gasteiger partial charge is 0.478 e. The van der Waals surface area contributed by atoms with Gasteiger partial charge in [-0.15, -0.1) is 0 Å². The molecule has 0 spiro atoms. The SMILES string of the molecule is CCC(=Cc1cnc(Cl)cn1)C(=O)O. The van der Waals surface area contributed by atoms with Gasteiger partial charge in [-0.25, -0.2) is 9.78 Å². The van der Waals surface area contributed by atoms with Gasteiger partial charge in [-0.3, -0.25) is 4.98 Å². The maximum Gasteiger partial charge on any atom is 0.331 e. The van der Waals surface area contributed by atoms with Gasteiger partial charge in [-0.05, 0) is 12.5 Å². The second-order valence-electron chi connectivity index (χ2n) is 2.59. The second kappa shape index (κ2) is 4.72. The van der Waals surface area contributed by atoms with Crippen LogP contribution in [0, 0.1) is 0 Å². The average molecular weight is 213 g/mol. The first-order valence-corrected chi connectivity index (χ1v) is 4.42. The molecule has 14 heavy (non-hydrogen) atoms. The molecule has 1 N–H and O–H groups in total. The van der Waals surface area contributed by atoms with Gasteiger partial charge in [0.05, 0.1) is 18.1 Å². The third kappa shape index (κ3) is 2.81. The lowest BCUT2D eigenvalue weighted by Gasteiger charge is -1.97. The molecule has 0 saturated carbocycles. The minimum absolute atomic E-state index is 0.288. The Balaban J connectivity index is 2.95. The van der Waals surface area contributed by atoms with Gasteiger partial charge in [-0.1, -0.05) is 18.5 Å². The highest BCUT2D eigenvalue weighted by Gasteiger charge is 2.04. The molecule has 0 saturated heterocycles. The number of nitrogens with zero attached hydrogens (tertiary/aromatic N) is 2. The second-order valence-corrected chi connectivity index (χ2v) is 2.98. The fraction of sp³-hybridized carbons (Fsp3) is 0.222. The summed E-state index contributed by atoms with van der Waals surface area (Å²) in [4.78, 5) is 18.4. The van der Waals surface area contributed by atoms with Crippen LogP contribution in [-0.2, 0) is 4.79 Å². The maximum absolute atomic E-state index is 10.7. The molecule has 1 aromatic rings. The molecule has 0 aliphatic heterocycles. The van der Waals surface area contributed by atoms with Crippen molar-refractivity contribution in [2.24, 2.45) is 0 Å². The standard InChI is InChI=1S/C9H9ClN2O2/c1-2-6(9(13)14)3-7-4-12-8(10)5-11-7/h3-5H,2H2,1H3,(H,13,14). The van der Waals surface area contributed by atoms with Crippen molar-refractivity contribution >= 4 is 23.6 Å². The van der Waals surface area contributed by atoms with Crippen LogP contribution >= 0.6 is 11.6 Å². The van der Waals surface area contributed by atoms with Crippen LogP contribution < -0.4 is 0 Å². The van der Waals surface area contributed by atoms with Crippen molar-refractivity contribution in [1.29, 1.82) is 0 Å². The molecule has 0 atom stereocenters. The summed E-state index contributed by atoms with van der Waals surface area (Å²) < 4.78 is 0. The van der Waals surface area contributed by atoms with E-state index in [2.05, 4.69) is 9.97 Å². The van der Waals surface area contributed by atoms with E-state index in [0.29, 0.717) is 17.7 Å². The highest BCUT2D eigenvalue weighted by Crippen LogP contribution is 2.08. The smallest absolute Gasteiger partial charge is 0.331 e. The minimum atomic E-state index is -0.941. The number of carboxylic acid groups (broad SMARTS) is 1. The molecule has 0 aliphatic carbocycles. The number of aliphatic carboxylic acids is 1. The molecular weight excluding hydrogens is 204 g/mol. The number of aromatic nitrogens is 2. The molecule has 0 fully saturated rings. The number of halogens is 1. The van der Waals surface area contributed by atoms with Crippen LogP contribution in [0.4, 0.5) is 0 Å². The van der Waals surface area contributed by atoms with Crippen LogP contribution in [0.5, 0.6) is 0 Å². The van der Waals surface area contributed by atoms with E-state index >= 15 is 0 Å². The fourth-order valence-electron chi connectivity index (χ4n) is 0.890. The Kier molecular flexibility index (Phi) is 3.59. The molecule has 4 nitrogen and oxygen atoms in total. The van der Waals surface area contributed by atoms with E-state index in [0.717, 1.165) is 0 Å². The van der Waals surface area contributed by atoms with E-state index in [1.165, 1.54) is 18.5 Å². The number of rotatable bonds is 3. The van der Waals surface area contributed by atoms with Crippen molar-refractivity contribution in [1.82, 2.24) is 9.97 Å². The van der Waals surface area contributed by atoms with Gasteiger partial charge >= 0.3 is 5.97 Å². The zero-order valence-corrected chi connectivity index (χ0v) is 8.32. The van der Waals surface area contributed by atoms with Crippen LogP contribution in [0.3, 0.4) is 0 Å². The van der Waals surface area contributed by atoms with Crippen LogP contribution in [0.25, 0.3) is 6.08 Å². The van der Waals surface area contributed by atoms with Crippen molar-refractivity contribution in [3.63, 3.8) is 0 Å². The van der Waals surface area contributed by atoms with Gasteiger partial charge in [0.15, 0.2) is 0 Å². The molecule has 1 heterocycles. The summed E-state index contributed by atoms with van der Waals surface area (Å²) in [6, 6.07) is 0. The summed E-state index contributed by atoms with van der Waals surface area (Å²) in [7, 11) is 0. The number of carbonyl (C=O) groups is 1. The number of hydrogen-bond acceptors (Lipinski definition) is 3. The third-order valence-corrected chi connectivity index (χ3v) is 1.81. The van der Waals surface area contributed by atoms with Crippen LogP contribution in [0.2, 0.25) is 5.15 Å². The zero-order valence-electron chi connectivity index (χ0n) is 7.57. The van der Waals surface area contributed by atoms with E-state index in [9.17, 15) is 4.79 Å². The van der Waals surface area contributed by atoms with E-state index in [4.69, 9.17) is 16.7 Å². The summed E-state index contributed by atoms with van der Waals surface area (Å²) in [5.74, 6) is -0.941. The van der Waals surface area contributed by atoms with E-state index in [1.54, 1.807) is 6.92 Å². The molecule has 0 aliphatic rings. The van der Waals surface area contributed by atoms with Crippen molar-refractivity contribution in [2.45, 2.75) is 13.3 Å². The van der Waals surface area contributed by atoms with Gasteiger partial charge in [0.25, 0.3) is 0 Å². The Labute approximate surface area is 86.3 Å². The summed E-state index contributed by atoms with van der Waals surface area (Å²) >= 11 is 5.53. The molecule has 0 radical (unpaired) electrons. The summed E-state index contributed by atoms with van der Waals surface area (Å²) in [5, 5.41) is 9.03. The van der Waals surface area contributed by atoms with Gasteiger partial charge in [0.1, 0.15) is 5.15 Å². The summed E-state index contributed by atoms with van der Waals surface area (Å²) in [5.41, 5.74) is 0.787. The van der Waals surface area contributed by atoms with Crippen molar-refractivity contribution in [3.8, 4) is 0 Å². The Bertz CT molecular complexity index is 360. The normalized spacial score (nSPS) is 11.4. The third-order valence-electron chi connectivity index (χ3n) is 1.62. The van der Waals surface area contributed by atoms with E-state index in [1.807, 2.05) is 0 Å². The van der Waals surface area contributed by atoms with Crippen LogP contribution in [-0.4, -0.2) is 21.0 Å². The molecule has 0 aromatic carbocycles. The Morgan fingerprint density at radius 3 is 2.71 bits per heavy atom. The van der Waals surface area contributed by atoms with Crippen molar-refractivity contribution in [3.05, 3.63) is 28.8 Å². The number of hydrogen-bond donors (Lipinski definition) is 1. The average Bonchev–Trinajstić information content (AvgIpc) is 2.16. The fourth-order valence-corrected chi connectivity index (χ4v) is 0.988. The monoisotopic (exact) mass is 212 g/mol. The van der Waals surface area contributed by atoms with E-state index in [-0.39, 0.29) is 5.15 Å². The first-order valence-electron chi connectivity index (χ1n) is 4.05. The molecule has 0 bridgehead atoms. The van der Waals surface area contributed by atoms with Crippen molar-refractivity contribution < 1.29 is 9.90 Å². The molecule has 1 aromatic heterocycles. The predicted octanol–water partition coefficient (Wildman–Crippen LogP) is 2.01. The summed E-state index contributed by atoms with van der Waals surface area (Å²) in [6.45, 7) is 1.77.